The highest BCUT2D eigenvalue weighted by atomic mass is 35.5. The van der Waals surface area contributed by atoms with Crippen molar-refractivity contribution in [1.82, 2.24) is 24.5 Å². The van der Waals surface area contributed by atoms with Gasteiger partial charge in [-0.2, -0.15) is 5.26 Å². The van der Waals surface area contributed by atoms with E-state index in [2.05, 4.69) is 36.0 Å². The summed E-state index contributed by atoms with van der Waals surface area (Å²) in [5.41, 5.74) is 1.50. The molecule has 49 heavy (non-hydrogen) atoms. The van der Waals surface area contributed by atoms with Gasteiger partial charge in [-0.1, -0.05) is 35.3 Å². The zero-order valence-electron chi connectivity index (χ0n) is 25.6. The van der Waals surface area contributed by atoms with Crippen LogP contribution in [0.2, 0.25) is 10.0 Å². The molecule has 6 aromatic rings. The van der Waals surface area contributed by atoms with Gasteiger partial charge in [0.1, 0.15) is 45.9 Å². The molecule has 2 N–H and O–H groups in total. The Kier molecular flexibility index (Phi) is 8.22. The summed E-state index contributed by atoms with van der Waals surface area (Å²) in [6.45, 7) is 3.43. The minimum absolute atomic E-state index is 0.00993. The quantitative estimate of drug-likeness (QED) is 0.170. The van der Waals surface area contributed by atoms with E-state index in [1.165, 1.54) is 24.5 Å². The lowest BCUT2D eigenvalue weighted by Gasteiger charge is -2.36. The van der Waals surface area contributed by atoms with Crippen molar-refractivity contribution in [2.75, 3.05) is 28.0 Å². The van der Waals surface area contributed by atoms with Crippen LogP contribution in [-0.2, 0) is 10.0 Å². The van der Waals surface area contributed by atoms with Gasteiger partial charge in [-0.25, -0.2) is 37.1 Å². The molecule has 3 aromatic heterocycles. The lowest BCUT2D eigenvalue weighted by atomic mass is 9.82. The third kappa shape index (κ3) is 5.94. The number of nitrogens with zero attached hydrogens (tertiary/aromatic N) is 7. The van der Waals surface area contributed by atoms with Crippen LogP contribution in [0.1, 0.15) is 19.8 Å². The summed E-state index contributed by atoms with van der Waals surface area (Å²) in [5, 5.41) is 11.9. The summed E-state index contributed by atoms with van der Waals surface area (Å²) in [4.78, 5) is 19.7. The van der Waals surface area contributed by atoms with Gasteiger partial charge < -0.3 is 10.2 Å². The highest BCUT2D eigenvalue weighted by Gasteiger charge is 2.31. The Morgan fingerprint density at radius 2 is 1.73 bits per heavy atom. The average Bonchev–Trinajstić information content (AvgIpc) is 3.54. The summed E-state index contributed by atoms with van der Waals surface area (Å²) >= 11 is 12.1. The number of para-hydroxylation sites is 1. The van der Waals surface area contributed by atoms with Crippen molar-refractivity contribution in [3.8, 4) is 11.9 Å². The molecule has 0 radical (unpaired) electrons. The highest BCUT2D eigenvalue weighted by molar-refractivity contribution is 7.92. The van der Waals surface area contributed by atoms with E-state index in [9.17, 15) is 13.7 Å². The molecular formula is C33H25Cl2F2N9O2S. The number of nitrogens with one attached hydrogen (secondary N) is 2. The molecule has 1 aliphatic heterocycles. The van der Waals surface area contributed by atoms with Gasteiger partial charge in [0.25, 0.3) is 10.0 Å². The molecule has 1 aliphatic rings. The van der Waals surface area contributed by atoms with Crippen LogP contribution in [0.25, 0.3) is 27.9 Å². The second kappa shape index (κ2) is 12.4. The number of hydrogen-bond donors (Lipinski definition) is 2. The van der Waals surface area contributed by atoms with Crippen LogP contribution >= 0.6 is 23.2 Å². The van der Waals surface area contributed by atoms with Crippen molar-refractivity contribution >= 4 is 78.2 Å². The molecule has 0 amide bonds. The van der Waals surface area contributed by atoms with Crippen LogP contribution in [0.15, 0.2) is 78.2 Å². The first kappa shape index (κ1) is 32.4. The van der Waals surface area contributed by atoms with Gasteiger partial charge in [-0.3, -0.25) is 9.29 Å². The average molecular weight is 721 g/mol. The predicted molar refractivity (Wildman–Crippen MR) is 184 cm³/mol. The maximum atomic E-state index is 15.8. The molecule has 1 saturated heterocycles. The fourth-order valence-electron chi connectivity index (χ4n) is 5.73. The van der Waals surface area contributed by atoms with Crippen LogP contribution in [-0.4, -0.2) is 46.0 Å². The smallest absolute Gasteiger partial charge is 0.263 e. The fraction of sp³-hybridized carbons (Fsp3) is 0.182. The van der Waals surface area contributed by atoms with Crippen molar-refractivity contribution in [2.45, 2.75) is 24.7 Å². The maximum absolute atomic E-state index is 15.8. The Hall–Kier alpha value is -5.10. The topological polar surface area (TPSA) is 142 Å². The number of hydrogen-bond acceptors (Lipinski definition) is 9. The number of aromatic nitrogens is 5. The van der Waals surface area contributed by atoms with Gasteiger partial charge in [0.05, 0.1) is 43.9 Å². The third-order valence-electron chi connectivity index (χ3n) is 8.53. The van der Waals surface area contributed by atoms with Crippen molar-refractivity contribution in [1.29, 1.82) is 5.26 Å². The molecule has 0 unspecified atom stereocenters. The number of nitriles is 1. The molecule has 0 spiro atoms. The lowest BCUT2D eigenvalue weighted by molar-refractivity contribution is 0.337. The Morgan fingerprint density at radius 1 is 0.959 bits per heavy atom. The van der Waals surface area contributed by atoms with Crippen LogP contribution in [0.4, 0.5) is 31.7 Å². The molecule has 16 heteroatoms. The third-order valence-corrected chi connectivity index (χ3v) is 10.9. The van der Waals surface area contributed by atoms with Gasteiger partial charge in [0.2, 0.25) is 0 Å². The standard InChI is InChI=1S/C33H25Cl2F2N9O2S/c1-33(16-38)12-14-45(15-13-33)23-5-3-6-24-31(23)41-18-46(24)26-11-10-22-30(42-26)32(40-17-39-22)43-29-20(36)8-9-21(28(29)37)44-49(47,48)25-7-2-4-19(34)27(25)35/h2-11,17-18,44H,12-15H2,1H3,(H,39,40,43). The van der Waals surface area contributed by atoms with E-state index >= 15 is 8.78 Å². The van der Waals surface area contributed by atoms with E-state index in [0.29, 0.717) is 11.3 Å². The zero-order valence-corrected chi connectivity index (χ0v) is 28.0. The molecule has 3 aromatic carbocycles. The number of piperidine rings is 1. The van der Waals surface area contributed by atoms with Crippen LogP contribution in [0, 0.1) is 28.4 Å². The molecule has 0 bridgehead atoms. The van der Waals surface area contributed by atoms with E-state index in [1.54, 1.807) is 23.0 Å². The largest absolute Gasteiger partial charge is 0.370 e. The minimum Gasteiger partial charge on any atom is -0.370 e. The first-order chi connectivity index (χ1) is 23.5. The summed E-state index contributed by atoms with van der Waals surface area (Å²) in [5.74, 6) is -1.82. The van der Waals surface area contributed by atoms with Crippen molar-refractivity contribution < 1.29 is 17.2 Å². The number of fused-ring (bicyclic) bond motifs is 2. The number of imidazole rings is 1. The molecule has 1 fully saturated rings. The van der Waals surface area contributed by atoms with Crippen molar-refractivity contribution in [2.24, 2.45) is 5.41 Å². The second-order valence-electron chi connectivity index (χ2n) is 11.7. The van der Waals surface area contributed by atoms with E-state index in [4.69, 9.17) is 28.2 Å². The van der Waals surface area contributed by atoms with E-state index in [0.717, 1.165) is 54.8 Å². The van der Waals surface area contributed by atoms with E-state index in [1.807, 2.05) is 25.1 Å². The van der Waals surface area contributed by atoms with Crippen molar-refractivity contribution in [3.63, 3.8) is 0 Å². The SMILES string of the molecule is CC1(C#N)CCN(c2cccc3c2ncn3-c2ccc3ncnc(Nc4c(F)ccc(NS(=O)(=O)c5cccc(Cl)c5Cl)c4F)c3n2)CC1. The van der Waals surface area contributed by atoms with Gasteiger partial charge >= 0.3 is 0 Å². The van der Waals surface area contributed by atoms with Crippen LogP contribution < -0.4 is 14.9 Å². The van der Waals surface area contributed by atoms with Crippen LogP contribution in [0.3, 0.4) is 0 Å². The zero-order chi connectivity index (χ0) is 34.5. The van der Waals surface area contributed by atoms with Gasteiger partial charge in [0.15, 0.2) is 11.6 Å². The van der Waals surface area contributed by atoms with Crippen LogP contribution in [0.5, 0.6) is 0 Å². The number of anilines is 4. The molecule has 0 saturated carbocycles. The Labute approximate surface area is 289 Å². The minimum atomic E-state index is -4.41. The predicted octanol–water partition coefficient (Wildman–Crippen LogP) is 7.62. The molecule has 11 nitrogen and oxygen atoms in total. The van der Waals surface area contributed by atoms with E-state index < -0.39 is 33.0 Å². The number of halogens is 4. The lowest BCUT2D eigenvalue weighted by Crippen LogP contribution is -2.38. The normalized spacial score (nSPS) is 14.6. The Bertz CT molecular complexity index is 2430. The second-order valence-corrected chi connectivity index (χ2v) is 14.2. The summed E-state index contributed by atoms with van der Waals surface area (Å²) < 4.78 is 60.9. The number of benzene rings is 3. The fourth-order valence-corrected chi connectivity index (χ4v) is 7.55. The molecule has 4 heterocycles. The monoisotopic (exact) mass is 719 g/mol. The Morgan fingerprint density at radius 3 is 2.51 bits per heavy atom. The first-order valence-corrected chi connectivity index (χ1v) is 17.2. The molecule has 248 valence electrons. The number of sulfonamides is 1. The summed E-state index contributed by atoms with van der Waals surface area (Å²) in [6.07, 6.45) is 4.34. The van der Waals surface area contributed by atoms with Gasteiger partial charge in [-0.05, 0) is 68.3 Å². The Balaban J connectivity index is 1.22. The van der Waals surface area contributed by atoms with Gasteiger partial charge in [-0.15, -0.1) is 0 Å². The van der Waals surface area contributed by atoms with Gasteiger partial charge in [0, 0.05) is 13.1 Å². The molecular weight excluding hydrogens is 695 g/mol. The van der Waals surface area contributed by atoms with E-state index in [-0.39, 0.29) is 31.7 Å². The number of pyridine rings is 1. The first-order valence-electron chi connectivity index (χ1n) is 14.9. The maximum Gasteiger partial charge on any atom is 0.263 e. The molecule has 0 atom stereocenters. The summed E-state index contributed by atoms with van der Waals surface area (Å²) in [6, 6.07) is 17.5. The summed E-state index contributed by atoms with van der Waals surface area (Å²) in [7, 11) is -4.41. The number of rotatable bonds is 7. The molecule has 0 aliphatic carbocycles. The van der Waals surface area contributed by atoms with Crippen molar-refractivity contribution in [3.05, 3.63) is 95.0 Å². The molecule has 7 rings (SSSR count). The highest BCUT2D eigenvalue weighted by Crippen LogP contribution is 2.37.